The number of carbonyl (C=O) groups is 2. The molecule has 0 aromatic carbocycles. The molecule has 0 radical (unpaired) electrons. The Bertz CT molecular complexity index is 607. The molecule has 0 aliphatic heterocycles. The normalized spacial score (nSPS) is 10.2. The minimum Gasteiger partial charge on any atom is -0.461 e. The highest BCUT2D eigenvalue weighted by atomic mass is 32.1. The van der Waals surface area contributed by atoms with Crippen LogP contribution in [0.2, 0.25) is 0 Å². The molecule has 19 heavy (non-hydrogen) atoms. The highest BCUT2D eigenvalue weighted by Crippen LogP contribution is 2.15. The molecule has 0 saturated heterocycles. The third-order valence-corrected chi connectivity index (χ3v) is 2.89. The third-order valence-electron chi connectivity index (χ3n) is 1.91. The number of thiazole rings is 1. The van der Waals surface area contributed by atoms with E-state index in [2.05, 4.69) is 25.7 Å². The summed E-state index contributed by atoms with van der Waals surface area (Å²) in [5.74, 6) is -0.927. The van der Waals surface area contributed by atoms with Crippen molar-refractivity contribution in [3.8, 4) is 0 Å². The fraction of sp³-hybridized carbons (Fsp3) is 0.333. The van der Waals surface area contributed by atoms with E-state index in [1.807, 2.05) is 0 Å². The molecule has 2 aromatic heterocycles. The van der Waals surface area contributed by atoms with Gasteiger partial charge in [0.2, 0.25) is 5.01 Å². The Morgan fingerprint density at radius 1 is 1.53 bits per heavy atom. The number of rotatable bonds is 4. The van der Waals surface area contributed by atoms with Crippen LogP contribution >= 0.6 is 11.3 Å². The van der Waals surface area contributed by atoms with E-state index in [4.69, 9.17) is 4.74 Å². The number of esters is 1. The number of hydrogen-bond donors (Lipinski definition) is 1. The van der Waals surface area contributed by atoms with Gasteiger partial charge in [-0.15, -0.1) is 16.4 Å². The molecular weight excluding hydrogens is 272 g/mol. The second-order valence-corrected chi connectivity index (χ2v) is 4.34. The van der Waals surface area contributed by atoms with E-state index in [-0.39, 0.29) is 22.4 Å². The number of anilines is 1. The van der Waals surface area contributed by atoms with Crippen molar-refractivity contribution in [1.82, 2.24) is 25.2 Å². The van der Waals surface area contributed by atoms with Crippen molar-refractivity contribution in [2.24, 2.45) is 7.05 Å². The quantitative estimate of drug-likeness (QED) is 0.791. The van der Waals surface area contributed by atoms with E-state index in [1.54, 1.807) is 14.0 Å². The monoisotopic (exact) mass is 282 g/mol. The van der Waals surface area contributed by atoms with Crippen LogP contribution in [0.25, 0.3) is 0 Å². The summed E-state index contributed by atoms with van der Waals surface area (Å²) in [6, 6.07) is 0. The molecule has 9 nitrogen and oxygen atoms in total. The predicted octanol–water partition coefficient (Wildman–Crippen LogP) is 0.0956. The van der Waals surface area contributed by atoms with Gasteiger partial charge in [-0.3, -0.25) is 10.1 Å². The predicted molar refractivity (Wildman–Crippen MR) is 64.8 cm³/mol. The summed E-state index contributed by atoms with van der Waals surface area (Å²) in [6.07, 6.45) is 1.29. The molecule has 100 valence electrons. The van der Waals surface area contributed by atoms with Crippen molar-refractivity contribution in [3.05, 3.63) is 16.1 Å². The van der Waals surface area contributed by atoms with E-state index in [9.17, 15) is 9.59 Å². The van der Waals surface area contributed by atoms with Gasteiger partial charge in [-0.25, -0.2) is 9.78 Å². The van der Waals surface area contributed by atoms with Gasteiger partial charge in [0, 0.05) is 0 Å². The largest absolute Gasteiger partial charge is 0.461 e. The second kappa shape index (κ2) is 5.52. The first-order valence-corrected chi connectivity index (χ1v) is 6.10. The Hall–Kier alpha value is -2.36. The van der Waals surface area contributed by atoms with Crippen LogP contribution in [0, 0.1) is 0 Å². The van der Waals surface area contributed by atoms with Gasteiger partial charge < -0.3 is 4.74 Å². The van der Waals surface area contributed by atoms with Gasteiger partial charge in [0.1, 0.15) is 4.88 Å². The molecule has 1 N–H and O–H groups in total. The molecule has 0 aliphatic rings. The zero-order valence-corrected chi connectivity index (χ0v) is 11.0. The molecule has 10 heteroatoms. The van der Waals surface area contributed by atoms with Crippen molar-refractivity contribution in [2.45, 2.75) is 6.92 Å². The summed E-state index contributed by atoms with van der Waals surface area (Å²) in [5.41, 5.74) is 0. The lowest BCUT2D eigenvalue weighted by Gasteiger charge is -1.96. The van der Waals surface area contributed by atoms with Gasteiger partial charge >= 0.3 is 5.97 Å². The van der Waals surface area contributed by atoms with Crippen molar-refractivity contribution < 1.29 is 14.3 Å². The molecule has 0 aliphatic carbocycles. The maximum atomic E-state index is 11.8. The smallest absolute Gasteiger partial charge is 0.367 e. The van der Waals surface area contributed by atoms with E-state index in [1.165, 1.54) is 11.0 Å². The zero-order valence-electron chi connectivity index (χ0n) is 10.2. The highest BCUT2D eigenvalue weighted by Gasteiger charge is 2.17. The topological polar surface area (TPSA) is 112 Å². The van der Waals surface area contributed by atoms with Crippen LogP contribution in [0.4, 0.5) is 5.95 Å². The first-order valence-electron chi connectivity index (χ1n) is 5.28. The van der Waals surface area contributed by atoms with Gasteiger partial charge in [0.15, 0.2) is 0 Å². The lowest BCUT2D eigenvalue weighted by atomic mass is 10.5. The number of amides is 1. The Kier molecular flexibility index (Phi) is 3.80. The Morgan fingerprint density at radius 2 is 2.32 bits per heavy atom. The SMILES string of the molecule is CCOC(=O)c1ncc(C(=O)Nc2nnn(C)n2)s1. The summed E-state index contributed by atoms with van der Waals surface area (Å²) in [4.78, 5) is 28.5. The summed E-state index contributed by atoms with van der Waals surface area (Å²) < 4.78 is 4.78. The average molecular weight is 282 g/mol. The Morgan fingerprint density at radius 3 is 2.95 bits per heavy atom. The van der Waals surface area contributed by atoms with Crippen molar-refractivity contribution in [1.29, 1.82) is 0 Å². The molecule has 0 bridgehead atoms. The summed E-state index contributed by atoms with van der Waals surface area (Å²) in [5, 5.41) is 13.6. The van der Waals surface area contributed by atoms with Crippen molar-refractivity contribution >= 4 is 29.2 Å². The number of ether oxygens (including phenoxy) is 1. The van der Waals surface area contributed by atoms with Gasteiger partial charge in [0.05, 0.1) is 19.9 Å². The molecule has 0 spiro atoms. The molecular formula is C9H10N6O3S. The van der Waals surface area contributed by atoms with Crippen molar-refractivity contribution in [3.63, 3.8) is 0 Å². The minimum absolute atomic E-state index is 0.0820. The number of carbonyl (C=O) groups excluding carboxylic acids is 2. The number of nitrogens with zero attached hydrogens (tertiary/aromatic N) is 5. The fourth-order valence-corrected chi connectivity index (χ4v) is 1.87. The number of aromatic nitrogens is 5. The Labute approximate surface area is 111 Å². The maximum absolute atomic E-state index is 11.8. The number of tetrazole rings is 1. The lowest BCUT2D eigenvalue weighted by molar-refractivity contribution is 0.0526. The average Bonchev–Trinajstić information content (AvgIpc) is 2.98. The van der Waals surface area contributed by atoms with Crippen LogP contribution in [-0.2, 0) is 11.8 Å². The third kappa shape index (κ3) is 3.10. The zero-order chi connectivity index (χ0) is 13.8. The molecule has 2 heterocycles. The van der Waals surface area contributed by atoms with Crippen LogP contribution in [0.1, 0.15) is 26.4 Å². The number of aryl methyl sites for hydroxylation is 1. The van der Waals surface area contributed by atoms with Crippen molar-refractivity contribution in [2.75, 3.05) is 11.9 Å². The highest BCUT2D eigenvalue weighted by molar-refractivity contribution is 7.15. The lowest BCUT2D eigenvalue weighted by Crippen LogP contribution is -2.11. The standard InChI is InChI=1S/C9H10N6O3S/c1-3-18-8(17)7-10-4-5(19-7)6(16)11-9-12-14-15(2)13-9/h4H,3H2,1-2H3,(H,11,13,16). The van der Waals surface area contributed by atoms with Crippen LogP contribution < -0.4 is 5.32 Å². The molecule has 2 aromatic rings. The van der Waals surface area contributed by atoms with Crippen LogP contribution in [0.15, 0.2) is 6.20 Å². The number of hydrogen-bond acceptors (Lipinski definition) is 8. The van der Waals surface area contributed by atoms with Gasteiger partial charge in [-0.2, -0.15) is 4.80 Å². The van der Waals surface area contributed by atoms with Gasteiger partial charge in [-0.1, -0.05) is 5.10 Å². The van der Waals surface area contributed by atoms with Crippen LogP contribution in [-0.4, -0.2) is 43.7 Å². The van der Waals surface area contributed by atoms with E-state index in [0.29, 0.717) is 0 Å². The molecule has 1 amide bonds. The molecule has 0 unspecified atom stereocenters. The van der Waals surface area contributed by atoms with Crippen LogP contribution in [0.3, 0.4) is 0 Å². The van der Waals surface area contributed by atoms with Gasteiger partial charge in [-0.05, 0) is 12.1 Å². The first-order chi connectivity index (χ1) is 9.10. The maximum Gasteiger partial charge on any atom is 0.367 e. The Balaban J connectivity index is 2.06. The van der Waals surface area contributed by atoms with Gasteiger partial charge in [0.25, 0.3) is 11.9 Å². The minimum atomic E-state index is -0.552. The summed E-state index contributed by atoms with van der Waals surface area (Å²) in [7, 11) is 1.58. The fourth-order valence-electron chi connectivity index (χ4n) is 1.16. The molecule has 0 saturated carbocycles. The molecule has 0 fully saturated rings. The molecule has 0 atom stereocenters. The van der Waals surface area contributed by atoms with Crippen LogP contribution in [0.5, 0.6) is 0 Å². The van der Waals surface area contributed by atoms with E-state index < -0.39 is 11.9 Å². The van der Waals surface area contributed by atoms with E-state index in [0.717, 1.165) is 11.3 Å². The second-order valence-electron chi connectivity index (χ2n) is 3.31. The summed E-state index contributed by atoms with van der Waals surface area (Å²) in [6.45, 7) is 1.95. The molecule has 2 rings (SSSR count). The summed E-state index contributed by atoms with van der Waals surface area (Å²) >= 11 is 0.935. The number of nitrogens with one attached hydrogen (secondary N) is 1. The first kappa shape index (κ1) is 13.1. The van der Waals surface area contributed by atoms with E-state index >= 15 is 0 Å².